The molecule has 1 heterocycles. The summed E-state index contributed by atoms with van der Waals surface area (Å²) in [5.41, 5.74) is 8.25. The fourth-order valence-electron chi connectivity index (χ4n) is 7.02. The van der Waals surface area contributed by atoms with Crippen LogP contribution in [0.3, 0.4) is 0 Å². The standard InChI is InChI=1S/C40H56O3/c1-28(17-13-18-30(3)21-22-35-32(5)23-33(41)25-38(35,6)7)15-11-12-16-29(2)19-14-20-31(4)36-24-37-39(8,9)26-34(42)27-40(37,10)43-36/h11-22,24,33-34,36,41-42H,23,25-27H2,1-10H3/b12-11+,17-13+,19-14+,22-21+,28-15+,29-16+,30-18+,31-20+/t33-,34+,36+,40+/m1/s1. The molecule has 0 bridgehead atoms. The first kappa shape index (κ1) is 34.8. The van der Waals surface area contributed by atoms with Crippen molar-refractivity contribution in [2.45, 2.75) is 119 Å². The molecule has 3 rings (SSSR count). The first-order valence-corrected chi connectivity index (χ1v) is 15.9. The van der Waals surface area contributed by atoms with Gasteiger partial charge in [-0.3, -0.25) is 0 Å². The lowest BCUT2D eigenvalue weighted by atomic mass is 9.65. The third-order valence-corrected chi connectivity index (χ3v) is 9.08. The average molecular weight is 585 g/mol. The van der Waals surface area contributed by atoms with Crippen LogP contribution in [-0.2, 0) is 4.74 Å². The monoisotopic (exact) mass is 584 g/mol. The number of allylic oxidation sites excluding steroid dienone is 16. The molecule has 1 saturated carbocycles. The van der Waals surface area contributed by atoms with E-state index in [1.165, 1.54) is 39.0 Å². The second kappa shape index (κ2) is 14.4. The Morgan fingerprint density at radius 2 is 1.26 bits per heavy atom. The molecule has 234 valence electrons. The zero-order valence-electron chi connectivity index (χ0n) is 28.4. The lowest BCUT2D eigenvalue weighted by Crippen LogP contribution is -2.45. The van der Waals surface area contributed by atoms with Crippen molar-refractivity contribution in [3.63, 3.8) is 0 Å². The average Bonchev–Trinajstić information content (AvgIpc) is 3.23. The Kier molecular flexibility index (Phi) is 11.6. The minimum atomic E-state index is -0.381. The molecule has 4 atom stereocenters. The highest BCUT2D eigenvalue weighted by Gasteiger charge is 2.50. The predicted octanol–water partition coefficient (Wildman–Crippen LogP) is 9.76. The van der Waals surface area contributed by atoms with E-state index < -0.39 is 0 Å². The van der Waals surface area contributed by atoms with E-state index in [1.807, 2.05) is 0 Å². The lowest BCUT2D eigenvalue weighted by molar-refractivity contribution is -0.0683. The highest BCUT2D eigenvalue weighted by Crippen LogP contribution is 2.52. The molecule has 2 N–H and O–H groups in total. The van der Waals surface area contributed by atoms with Gasteiger partial charge < -0.3 is 14.9 Å². The lowest BCUT2D eigenvalue weighted by Gasteiger charge is -2.44. The number of rotatable bonds is 9. The van der Waals surface area contributed by atoms with Crippen LogP contribution in [-0.4, -0.2) is 34.1 Å². The molecule has 0 spiro atoms. The van der Waals surface area contributed by atoms with Gasteiger partial charge in [0.1, 0.15) is 0 Å². The van der Waals surface area contributed by atoms with Gasteiger partial charge in [-0.15, -0.1) is 0 Å². The Morgan fingerprint density at radius 3 is 1.86 bits per heavy atom. The molecule has 0 amide bonds. The topological polar surface area (TPSA) is 49.7 Å². The van der Waals surface area contributed by atoms with Crippen LogP contribution in [0.25, 0.3) is 0 Å². The van der Waals surface area contributed by atoms with Gasteiger partial charge in [0.2, 0.25) is 0 Å². The molecular formula is C40H56O3. The summed E-state index contributed by atoms with van der Waals surface area (Å²) in [6.07, 6.45) is 30.2. The molecule has 2 aliphatic carbocycles. The summed E-state index contributed by atoms with van der Waals surface area (Å²) in [7, 11) is 0. The Bertz CT molecular complexity index is 1330. The van der Waals surface area contributed by atoms with Crippen molar-refractivity contribution in [2.75, 3.05) is 0 Å². The molecule has 1 fully saturated rings. The third-order valence-electron chi connectivity index (χ3n) is 9.08. The van der Waals surface area contributed by atoms with Gasteiger partial charge >= 0.3 is 0 Å². The molecule has 0 saturated heterocycles. The number of fused-ring (bicyclic) bond motifs is 1. The van der Waals surface area contributed by atoms with Crippen LogP contribution < -0.4 is 0 Å². The zero-order valence-corrected chi connectivity index (χ0v) is 28.4. The van der Waals surface area contributed by atoms with Crippen LogP contribution in [0.4, 0.5) is 0 Å². The molecule has 0 aromatic rings. The van der Waals surface area contributed by atoms with Crippen LogP contribution in [0.1, 0.15) is 94.9 Å². The van der Waals surface area contributed by atoms with E-state index in [0.717, 1.165) is 19.3 Å². The number of hydrogen-bond acceptors (Lipinski definition) is 3. The molecule has 0 aromatic carbocycles. The summed E-state index contributed by atoms with van der Waals surface area (Å²) in [4.78, 5) is 0. The zero-order chi connectivity index (χ0) is 32.0. The molecule has 3 aliphatic rings. The summed E-state index contributed by atoms with van der Waals surface area (Å²) < 4.78 is 6.46. The van der Waals surface area contributed by atoms with Gasteiger partial charge in [0.05, 0.1) is 23.9 Å². The van der Waals surface area contributed by atoms with Gasteiger partial charge in [-0.1, -0.05) is 123 Å². The van der Waals surface area contributed by atoms with Crippen molar-refractivity contribution in [1.82, 2.24) is 0 Å². The van der Waals surface area contributed by atoms with E-state index >= 15 is 0 Å². The number of aliphatic hydroxyl groups excluding tert-OH is 2. The first-order valence-electron chi connectivity index (χ1n) is 15.9. The van der Waals surface area contributed by atoms with Gasteiger partial charge in [-0.25, -0.2) is 0 Å². The minimum Gasteiger partial charge on any atom is -0.393 e. The van der Waals surface area contributed by atoms with Gasteiger partial charge in [0, 0.05) is 6.42 Å². The van der Waals surface area contributed by atoms with Crippen LogP contribution in [0.5, 0.6) is 0 Å². The summed E-state index contributed by atoms with van der Waals surface area (Å²) in [6.45, 7) is 21.6. The van der Waals surface area contributed by atoms with E-state index in [2.05, 4.69) is 148 Å². The Morgan fingerprint density at radius 1 is 0.721 bits per heavy atom. The van der Waals surface area contributed by atoms with Crippen molar-refractivity contribution < 1.29 is 14.9 Å². The largest absolute Gasteiger partial charge is 0.393 e. The Labute approximate surface area is 262 Å². The van der Waals surface area contributed by atoms with Crippen molar-refractivity contribution in [3.8, 4) is 0 Å². The van der Waals surface area contributed by atoms with Gasteiger partial charge in [-0.05, 0) is 94.4 Å². The highest BCUT2D eigenvalue weighted by atomic mass is 16.5. The summed E-state index contributed by atoms with van der Waals surface area (Å²) in [6, 6.07) is 0. The molecule has 0 radical (unpaired) electrons. The fourth-order valence-corrected chi connectivity index (χ4v) is 7.02. The second-order valence-electron chi connectivity index (χ2n) is 14.5. The van der Waals surface area contributed by atoms with E-state index in [0.29, 0.717) is 6.42 Å². The molecule has 1 aliphatic heterocycles. The first-order chi connectivity index (χ1) is 20.0. The maximum absolute atomic E-state index is 10.4. The second-order valence-corrected chi connectivity index (χ2v) is 14.5. The summed E-state index contributed by atoms with van der Waals surface area (Å²) in [5.74, 6) is 0. The summed E-state index contributed by atoms with van der Waals surface area (Å²) >= 11 is 0. The van der Waals surface area contributed by atoms with E-state index in [1.54, 1.807) is 0 Å². The molecular weight excluding hydrogens is 528 g/mol. The van der Waals surface area contributed by atoms with Crippen molar-refractivity contribution >= 4 is 0 Å². The van der Waals surface area contributed by atoms with E-state index in [4.69, 9.17) is 4.74 Å². The van der Waals surface area contributed by atoms with Crippen LogP contribution in [0, 0.1) is 10.8 Å². The van der Waals surface area contributed by atoms with Crippen molar-refractivity contribution in [3.05, 3.63) is 118 Å². The quantitative estimate of drug-likeness (QED) is 0.209. The normalized spacial score (nSPS) is 30.8. The molecule has 3 nitrogen and oxygen atoms in total. The van der Waals surface area contributed by atoms with Crippen molar-refractivity contribution in [2.24, 2.45) is 10.8 Å². The number of ether oxygens (including phenoxy) is 1. The van der Waals surface area contributed by atoms with Crippen LogP contribution >= 0.6 is 0 Å². The van der Waals surface area contributed by atoms with Crippen LogP contribution in [0.2, 0.25) is 0 Å². The molecule has 0 unspecified atom stereocenters. The fraction of sp³-hybridized carbons (Fsp3) is 0.500. The Hall–Kier alpha value is -2.72. The van der Waals surface area contributed by atoms with E-state index in [9.17, 15) is 10.2 Å². The maximum Gasteiger partial charge on any atom is 0.0982 e. The Balaban J connectivity index is 1.52. The highest BCUT2D eigenvalue weighted by molar-refractivity contribution is 5.39. The third kappa shape index (κ3) is 9.63. The number of aliphatic hydroxyl groups is 2. The SMILES string of the molecule is CC1=C(/C=C/C(C)=C/C=C/C(C)=C/C=C/C=C(C)/C=C/C=C(\C)[C@@H]2C=C3C(C)(C)C[C@H](O)C[C@]3(C)O2)C(C)(C)C[C@H](O)C1. The molecule has 0 aromatic heterocycles. The van der Waals surface area contributed by atoms with Gasteiger partial charge in [0.25, 0.3) is 0 Å². The maximum atomic E-state index is 10.4. The number of hydrogen-bond donors (Lipinski definition) is 2. The minimum absolute atomic E-state index is 0.00171. The molecule has 43 heavy (non-hydrogen) atoms. The smallest absolute Gasteiger partial charge is 0.0982 e. The van der Waals surface area contributed by atoms with Gasteiger partial charge in [-0.2, -0.15) is 0 Å². The van der Waals surface area contributed by atoms with Crippen LogP contribution in [0.15, 0.2) is 118 Å². The van der Waals surface area contributed by atoms with Gasteiger partial charge in [0.15, 0.2) is 0 Å². The summed E-state index contributed by atoms with van der Waals surface area (Å²) in [5, 5.41) is 20.5. The predicted molar refractivity (Wildman–Crippen MR) is 184 cm³/mol. The molecule has 3 heteroatoms. The van der Waals surface area contributed by atoms with Crippen molar-refractivity contribution in [1.29, 1.82) is 0 Å². The van der Waals surface area contributed by atoms with E-state index in [-0.39, 0.29) is 34.7 Å².